The lowest BCUT2D eigenvalue weighted by Gasteiger charge is -2.36. The first kappa shape index (κ1) is 14.3. The van der Waals surface area contributed by atoms with Crippen LogP contribution in [0.4, 0.5) is 0 Å². The number of rotatable bonds is 6. The van der Waals surface area contributed by atoms with Crippen LogP contribution < -0.4 is 0 Å². The molecule has 1 unspecified atom stereocenters. The van der Waals surface area contributed by atoms with Crippen LogP contribution >= 0.6 is 0 Å². The first-order valence-corrected chi connectivity index (χ1v) is 7.17. The fourth-order valence-electron chi connectivity index (χ4n) is 2.98. The van der Waals surface area contributed by atoms with E-state index in [2.05, 4.69) is 18.7 Å². The molecule has 104 valence electrons. The summed E-state index contributed by atoms with van der Waals surface area (Å²) < 4.78 is 5.79. The van der Waals surface area contributed by atoms with E-state index >= 15 is 0 Å². The van der Waals surface area contributed by atoms with Crippen LogP contribution in [0.15, 0.2) is 43.0 Å². The predicted molar refractivity (Wildman–Crippen MR) is 77.8 cm³/mol. The van der Waals surface area contributed by atoms with Crippen molar-refractivity contribution < 1.29 is 9.84 Å². The summed E-state index contributed by atoms with van der Waals surface area (Å²) in [4.78, 5) is 0. The molecule has 2 atom stereocenters. The van der Waals surface area contributed by atoms with Crippen LogP contribution in [0.3, 0.4) is 0 Å². The van der Waals surface area contributed by atoms with Crippen LogP contribution in [0.2, 0.25) is 0 Å². The Labute approximate surface area is 116 Å². The molecule has 0 amide bonds. The zero-order valence-electron chi connectivity index (χ0n) is 11.6. The summed E-state index contributed by atoms with van der Waals surface area (Å²) in [7, 11) is 0. The molecule has 0 radical (unpaired) electrons. The van der Waals surface area contributed by atoms with E-state index in [0.717, 1.165) is 32.3 Å². The van der Waals surface area contributed by atoms with Crippen molar-refractivity contribution in [3.63, 3.8) is 0 Å². The molecule has 2 heteroatoms. The molecule has 1 aliphatic rings. The van der Waals surface area contributed by atoms with E-state index in [0.29, 0.717) is 18.9 Å². The Morgan fingerprint density at radius 1 is 1.37 bits per heavy atom. The van der Waals surface area contributed by atoms with Crippen LogP contribution in [-0.4, -0.2) is 17.3 Å². The molecule has 0 aliphatic heterocycles. The molecule has 19 heavy (non-hydrogen) atoms. The third kappa shape index (κ3) is 4.48. The second-order valence-corrected chi connectivity index (χ2v) is 5.68. The summed E-state index contributed by atoms with van der Waals surface area (Å²) in [6, 6.07) is 10.2. The standard InChI is InChI=1S/C17H24O2/c1-2-10-17(18)11-6-9-16(12-17)14-19-13-15-7-4-3-5-8-15/h2-5,7-8,16,18H,1,6,9-14H2/t16-,17?/m0/s1. The van der Waals surface area contributed by atoms with Crippen molar-refractivity contribution in [3.05, 3.63) is 48.6 Å². The topological polar surface area (TPSA) is 29.5 Å². The van der Waals surface area contributed by atoms with Crippen molar-refractivity contribution in [1.82, 2.24) is 0 Å². The number of hydrogen-bond donors (Lipinski definition) is 1. The Bertz CT molecular complexity index is 388. The molecule has 2 rings (SSSR count). The third-order valence-corrected chi connectivity index (χ3v) is 3.91. The van der Waals surface area contributed by atoms with E-state index in [4.69, 9.17) is 4.74 Å². The third-order valence-electron chi connectivity index (χ3n) is 3.91. The Balaban J connectivity index is 1.75. The summed E-state index contributed by atoms with van der Waals surface area (Å²) in [5.41, 5.74) is 0.667. The molecule has 1 aliphatic carbocycles. The minimum Gasteiger partial charge on any atom is -0.390 e. The normalized spacial score (nSPS) is 27.1. The van der Waals surface area contributed by atoms with Gasteiger partial charge in [0.25, 0.3) is 0 Å². The maximum atomic E-state index is 10.4. The van der Waals surface area contributed by atoms with E-state index < -0.39 is 5.60 Å². The second kappa shape index (κ2) is 6.88. The lowest BCUT2D eigenvalue weighted by molar-refractivity contribution is -0.0353. The zero-order chi connectivity index (χ0) is 13.6. The van der Waals surface area contributed by atoms with Crippen LogP contribution in [0.1, 0.15) is 37.7 Å². The van der Waals surface area contributed by atoms with Gasteiger partial charge in [-0.3, -0.25) is 0 Å². The molecule has 2 nitrogen and oxygen atoms in total. The maximum absolute atomic E-state index is 10.4. The second-order valence-electron chi connectivity index (χ2n) is 5.68. The van der Waals surface area contributed by atoms with Crippen molar-refractivity contribution in [2.45, 2.75) is 44.3 Å². The molecule has 1 fully saturated rings. The molecule has 1 aromatic carbocycles. The number of hydrogen-bond acceptors (Lipinski definition) is 2. The van der Waals surface area contributed by atoms with Gasteiger partial charge in [0.15, 0.2) is 0 Å². The van der Waals surface area contributed by atoms with E-state index in [1.54, 1.807) is 0 Å². The first-order valence-electron chi connectivity index (χ1n) is 7.17. The van der Waals surface area contributed by atoms with Crippen molar-refractivity contribution in [1.29, 1.82) is 0 Å². The molecular formula is C17H24O2. The summed E-state index contributed by atoms with van der Waals surface area (Å²) in [5.74, 6) is 0.474. The summed E-state index contributed by atoms with van der Waals surface area (Å²) in [6.07, 6.45) is 6.51. The molecule has 0 spiro atoms. The smallest absolute Gasteiger partial charge is 0.0717 e. The number of benzene rings is 1. The number of aliphatic hydroxyl groups is 1. The van der Waals surface area contributed by atoms with Crippen LogP contribution in [0.25, 0.3) is 0 Å². The Morgan fingerprint density at radius 2 is 2.16 bits per heavy atom. The van der Waals surface area contributed by atoms with Crippen molar-refractivity contribution in [3.8, 4) is 0 Å². The van der Waals surface area contributed by atoms with Crippen molar-refractivity contribution in [2.24, 2.45) is 5.92 Å². The van der Waals surface area contributed by atoms with Gasteiger partial charge in [-0.05, 0) is 37.2 Å². The highest BCUT2D eigenvalue weighted by atomic mass is 16.5. The fraction of sp³-hybridized carbons (Fsp3) is 0.529. The molecule has 0 saturated heterocycles. The van der Waals surface area contributed by atoms with Gasteiger partial charge in [-0.25, -0.2) is 0 Å². The van der Waals surface area contributed by atoms with Crippen LogP contribution in [0.5, 0.6) is 0 Å². The summed E-state index contributed by atoms with van der Waals surface area (Å²) >= 11 is 0. The average molecular weight is 260 g/mol. The minimum atomic E-state index is -0.541. The molecule has 0 heterocycles. The molecule has 1 N–H and O–H groups in total. The number of ether oxygens (including phenoxy) is 1. The lowest BCUT2D eigenvalue weighted by atomic mass is 9.77. The van der Waals surface area contributed by atoms with E-state index in [-0.39, 0.29) is 0 Å². The quantitative estimate of drug-likeness (QED) is 0.790. The van der Waals surface area contributed by atoms with Gasteiger partial charge in [0.2, 0.25) is 0 Å². The lowest BCUT2D eigenvalue weighted by Crippen LogP contribution is -2.36. The average Bonchev–Trinajstić information content (AvgIpc) is 2.40. The van der Waals surface area contributed by atoms with Gasteiger partial charge in [-0.15, -0.1) is 6.58 Å². The zero-order valence-corrected chi connectivity index (χ0v) is 11.6. The maximum Gasteiger partial charge on any atom is 0.0717 e. The molecular weight excluding hydrogens is 236 g/mol. The van der Waals surface area contributed by atoms with Gasteiger partial charge >= 0.3 is 0 Å². The summed E-state index contributed by atoms with van der Waals surface area (Å²) in [6.45, 7) is 5.14. The van der Waals surface area contributed by atoms with Gasteiger partial charge in [0.1, 0.15) is 0 Å². The van der Waals surface area contributed by atoms with Crippen LogP contribution in [0, 0.1) is 5.92 Å². The highest BCUT2D eigenvalue weighted by molar-refractivity contribution is 5.13. The Kier molecular flexibility index (Phi) is 5.17. The van der Waals surface area contributed by atoms with Gasteiger partial charge in [0.05, 0.1) is 12.2 Å². The SMILES string of the molecule is C=CCC1(O)CCC[C@H](COCc2ccccc2)C1. The van der Waals surface area contributed by atoms with E-state index in [9.17, 15) is 5.11 Å². The van der Waals surface area contributed by atoms with Crippen molar-refractivity contribution >= 4 is 0 Å². The Hall–Kier alpha value is -1.12. The fourth-order valence-corrected chi connectivity index (χ4v) is 2.98. The van der Waals surface area contributed by atoms with Gasteiger partial charge in [-0.1, -0.05) is 42.8 Å². The predicted octanol–water partition coefficient (Wildman–Crippen LogP) is 3.70. The van der Waals surface area contributed by atoms with Crippen LogP contribution in [-0.2, 0) is 11.3 Å². The molecule has 0 aromatic heterocycles. The van der Waals surface area contributed by atoms with Crippen molar-refractivity contribution in [2.75, 3.05) is 6.61 Å². The monoisotopic (exact) mass is 260 g/mol. The van der Waals surface area contributed by atoms with Gasteiger partial charge in [0, 0.05) is 6.61 Å². The highest BCUT2D eigenvalue weighted by Gasteiger charge is 2.33. The highest BCUT2D eigenvalue weighted by Crippen LogP contribution is 2.35. The first-order chi connectivity index (χ1) is 9.22. The summed E-state index contributed by atoms with van der Waals surface area (Å²) in [5, 5.41) is 10.4. The van der Waals surface area contributed by atoms with E-state index in [1.165, 1.54) is 5.56 Å². The van der Waals surface area contributed by atoms with Gasteiger partial charge < -0.3 is 9.84 Å². The molecule has 0 bridgehead atoms. The van der Waals surface area contributed by atoms with Gasteiger partial charge in [-0.2, -0.15) is 0 Å². The largest absolute Gasteiger partial charge is 0.390 e. The Morgan fingerprint density at radius 3 is 2.89 bits per heavy atom. The molecule has 1 aromatic rings. The minimum absolute atomic E-state index is 0.474. The molecule has 1 saturated carbocycles. The van der Waals surface area contributed by atoms with E-state index in [1.807, 2.05) is 24.3 Å².